The highest BCUT2D eigenvalue weighted by Crippen LogP contribution is 2.18. The topological polar surface area (TPSA) is 83.6 Å². The zero-order valence-electron chi connectivity index (χ0n) is 11.5. The molecule has 2 amide bonds. The third-order valence-corrected chi connectivity index (χ3v) is 5.70. The summed E-state index contributed by atoms with van der Waals surface area (Å²) >= 11 is 1.20. The molecule has 8 heteroatoms. The first kappa shape index (κ1) is 15.8. The highest BCUT2D eigenvalue weighted by Gasteiger charge is 2.23. The van der Waals surface area contributed by atoms with Gasteiger partial charge >= 0.3 is 0 Å². The molecule has 1 fully saturated rings. The van der Waals surface area contributed by atoms with Gasteiger partial charge in [0.1, 0.15) is 6.54 Å². The fraction of sp³-hybridized carbons (Fsp3) is 0.385. The number of sulfone groups is 1. The number of anilines is 1. The number of carbonyl (C=O) groups excluding carboxylic acids is 2. The van der Waals surface area contributed by atoms with Gasteiger partial charge in [0, 0.05) is 18.0 Å². The van der Waals surface area contributed by atoms with Crippen LogP contribution in [0.3, 0.4) is 0 Å². The van der Waals surface area contributed by atoms with E-state index in [0.717, 1.165) is 0 Å². The van der Waals surface area contributed by atoms with Gasteiger partial charge in [-0.05, 0) is 24.3 Å². The van der Waals surface area contributed by atoms with Crippen molar-refractivity contribution in [1.29, 1.82) is 0 Å². The van der Waals surface area contributed by atoms with Gasteiger partial charge in [0.2, 0.25) is 5.91 Å². The van der Waals surface area contributed by atoms with E-state index in [-0.39, 0.29) is 28.3 Å². The number of amides is 2. The summed E-state index contributed by atoms with van der Waals surface area (Å²) in [5.74, 6) is 0.445. The van der Waals surface area contributed by atoms with Crippen LogP contribution in [0.15, 0.2) is 29.2 Å². The molecule has 1 aliphatic rings. The number of nitrogens with zero attached hydrogens (tertiary/aromatic N) is 1. The van der Waals surface area contributed by atoms with Crippen molar-refractivity contribution in [1.82, 2.24) is 4.90 Å². The first-order chi connectivity index (χ1) is 9.92. The van der Waals surface area contributed by atoms with Crippen molar-refractivity contribution >= 4 is 38.4 Å². The van der Waals surface area contributed by atoms with E-state index in [0.29, 0.717) is 18.0 Å². The van der Waals surface area contributed by atoms with Crippen molar-refractivity contribution in [3.05, 3.63) is 24.3 Å². The largest absolute Gasteiger partial charge is 0.325 e. The summed E-state index contributed by atoms with van der Waals surface area (Å²) in [4.78, 5) is 24.9. The Hall–Kier alpha value is -1.54. The molecular formula is C13H16N2O4S2. The minimum absolute atomic E-state index is 0.0147. The van der Waals surface area contributed by atoms with E-state index in [1.165, 1.54) is 28.8 Å². The van der Waals surface area contributed by atoms with Crippen LogP contribution >= 0.6 is 11.8 Å². The van der Waals surface area contributed by atoms with Crippen molar-refractivity contribution < 1.29 is 18.0 Å². The lowest BCUT2D eigenvalue weighted by atomic mass is 10.3. The van der Waals surface area contributed by atoms with Gasteiger partial charge in [-0.2, -0.15) is 0 Å². The maximum atomic E-state index is 11.8. The zero-order valence-corrected chi connectivity index (χ0v) is 13.2. The molecule has 1 aromatic rings. The lowest BCUT2D eigenvalue weighted by molar-refractivity contribution is -0.116. The fourth-order valence-corrected chi connectivity index (χ4v) is 3.56. The number of hydrogen-bond acceptors (Lipinski definition) is 5. The quantitative estimate of drug-likeness (QED) is 0.887. The second-order valence-electron chi connectivity index (χ2n) is 4.51. The summed E-state index contributed by atoms with van der Waals surface area (Å²) in [5.41, 5.74) is 0.509. The van der Waals surface area contributed by atoms with Gasteiger partial charge in [-0.15, -0.1) is 0 Å². The highest BCUT2D eigenvalue weighted by atomic mass is 32.2. The molecule has 0 bridgehead atoms. The average molecular weight is 328 g/mol. The smallest absolute Gasteiger partial charge is 0.282 e. The highest BCUT2D eigenvalue weighted by molar-refractivity contribution is 8.13. The molecule has 1 saturated heterocycles. The van der Waals surface area contributed by atoms with Crippen LogP contribution in [-0.2, 0) is 14.6 Å². The summed E-state index contributed by atoms with van der Waals surface area (Å²) < 4.78 is 23.3. The Balaban J connectivity index is 1.97. The third kappa shape index (κ3) is 3.98. The van der Waals surface area contributed by atoms with Crippen LogP contribution in [0, 0.1) is 0 Å². The number of carbonyl (C=O) groups is 2. The molecule has 0 saturated carbocycles. The van der Waals surface area contributed by atoms with Gasteiger partial charge in [-0.25, -0.2) is 8.42 Å². The summed E-state index contributed by atoms with van der Waals surface area (Å²) in [6.45, 7) is 2.17. The normalized spacial score (nSPS) is 15.3. The van der Waals surface area contributed by atoms with Crippen molar-refractivity contribution in [2.75, 3.05) is 29.9 Å². The molecule has 6 nitrogen and oxygen atoms in total. The second-order valence-corrected chi connectivity index (χ2v) is 7.84. The van der Waals surface area contributed by atoms with Crippen LogP contribution in [0.5, 0.6) is 0 Å². The Morgan fingerprint density at radius 1 is 1.33 bits per heavy atom. The van der Waals surface area contributed by atoms with Gasteiger partial charge in [-0.3, -0.25) is 9.59 Å². The lowest BCUT2D eigenvalue weighted by Crippen LogP contribution is -2.33. The van der Waals surface area contributed by atoms with Gasteiger partial charge in [-0.1, -0.05) is 18.7 Å². The van der Waals surface area contributed by atoms with E-state index in [4.69, 9.17) is 0 Å². The summed E-state index contributed by atoms with van der Waals surface area (Å²) in [6, 6.07) is 6.01. The molecule has 1 heterocycles. The van der Waals surface area contributed by atoms with Crippen LogP contribution in [0.2, 0.25) is 0 Å². The second kappa shape index (κ2) is 6.48. The SMILES string of the molecule is CCS(=O)(=O)c1ccc(NC(=O)CN2CCSC2=O)cc1. The molecule has 21 heavy (non-hydrogen) atoms. The molecule has 0 radical (unpaired) electrons. The molecule has 1 aromatic carbocycles. The third-order valence-electron chi connectivity index (χ3n) is 3.06. The van der Waals surface area contributed by atoms with Crippen LogP contribution in [0.4, 0.5) is 10.5 Å². The van der Waals surface area contributed by atoms with Crippen molar-refractivity contribution in [3.63, 3.8) is 0 Å². The maximum absolute atomic E-state index is 11.8. The number of benzene rings is 1. The number of thioether (sulfide) groups is 1. The Morgan fingerprint density at radius 2 is 2.00 bits per heavy atom. The molecule has 0 spiro atoms. The Bertz CT molecular complexity index is 641. The van der Waals surface area contributed by atoms with E-state index in [2.05, 4.69) is 5.32 Å². The first-order valence-electron chi connectivity index (χ1n) is 6.47. The molecule has 2 rings (SSSR count). The lowest BCUT2D eigenvalue weighted by Gasteiger charge is -2.14. The van der Waals surface area contributed by atoms with E-state index in [1.54, 1.807) is 19.1 Å². The number of hydrogen-bond donors (Lipinski definition) is 1. The minimum atomic E-state index is -3.24. The maximum Gasteiger partial charge on any atom is 0.282 e. The predicted molar refractivity (Wildman–Crippen MR) is 82.2 cm³/mol. The molecule has 1 aliphatic heterocycles. The average Bonchev–Trinajstić information content (AvgIpc) is 2.85. The predicted octanol–water partition coefficient (Wildman–Crippen LogP) is 1.59. The molecule has 0 aliphatic carbocycles. The molecular weight excluding hydrogens is 312 g/mol. The standard InChI is InChI=1S/C13H16N2O4S2/c1-2-21(18,19)11-5-3-10(4-6-11)14-12(16)9-15-7-8-20-13(15)17/h3-6H,2,7-9H2,1H3,(H,14,16). The summed E-state index contributed by atoms with van der Waals surface area (Å²) in [5, 5.41) is 2.56. The van der Waals surface area contributed by atoms with Crippen molar-refractivity contribution in [3.8, 4) is 0 Å². The van der Waals surface area contributed by atoms with Gasteiger partial charge in [0.15, 0.2) is 9.84 Å². The van der Waals surface area contributed by atoms with E-state index in [1.807, 2.05) is 0 Å². The van der Waals surface area contributed by atoms with Gasteiger partial charge in [0.25, 0.3) is 5.24 Å². The van der Waals surface area contributed by atoms with Crippen LogP contribution in [-0.4, -0.2) is 49.1 Å². The summed E-state index contributed by atoms with van der Waals surface area (Å²) in [7, 11) is -3.24. The molecule has 0 atom stereocenters. The Labute approximate surface area is 127 Å². The van der Waals surface area contributed by atoms with Gasteiger partial charge in [0.05, 0.1) is 10.6 Å². The van der Waals surface area contributed by atoms with Gasteiger partial charge < -0.3 is 10.2 Å². The van der Waals surface area contributed by atoms with Crippen molar-refractivity contribution in [2.45, 2.75) is 11.8 Å². The van der Waals surface area contributed by atoms with E-state index in [9.17, 15) is 18.0 Å². The van der Waals surface area contributed by atoms with Crippen LogP contribution in [0.25, 0.3) is 0 Å². The monoisotopic (exact) mass is 328 g/mol. The molecule has 114 valence electrons. The number of nitrogens with one attached hydrogen (secondary N) is 1. The Kier molecular flexibility index (Phi) is 4.89. The van der Waals surface area contributed by atoms with Crippen LogP contribution in [0.1, 0.15) is 6.92 Å². The van der Waals surface area contributed by atoms with E-state index >= 15 is 0 Å². The zero-order chi connectivity index (χ0) is 15.5. The Morgan fingerprint density at radius 3 is 2.52 bits per heavy atom. The van der Waals surface area contributed by atoms with E-state index < -0.39 is 9.84 Å². The van der Waals surface area contributed by atoms with Crippen LogP contribution < -0.4 is 5.32 Å². The number of rotatable bonds is 5. The minimum Gasteiger partial charge on any atom is -0.325 e. The molecule has 0 unspecified atom stereocenters. The summed E-state index contributed by atoms with van der Waals surface area (Å²) in [6.07, 6.45) is 0. The molecule has 1 N–H and O–H groups in total. The first-order valence-corrected chi connectivity index (χ1v) is 9.10. The van der Waals surface area contributed by atoms with Crippen molar-refractivity contribution in [2.24, 2.45) is 0 Å². The fourth-order valence-electron chi connectivity index (χ4n) is 1.86. The molecule has 0 aromatic heterocycles.